The van der Waals surface area contributed by atoms with E-state index in [9.17, 15) is 18.3 Å². The fourth-order valence-corrected chi connectivity index (χ4v) is 8.23. The van der Waals surface area contributed by atoms with Gasteiger partial charge in [0.25, 0.3) is 5.75 Å². The van der Waals surface area contributed by atoms with Gasteiger partial charge in [-0.15, -0.1) is 11.3 Å². The van der Waals surface area contributed by atoms with Crippen LogP contribution in [0.2, 0.25) is 0 Å². The summed E-state index contributed by atoms with van der Waals surface area (Å²) < 4.78 is 61.5. The number of benzene rings is 2. The lowest BCUT2D eigenvalue weighted by molar-refractivity contribution is -0.0907. The molecule has 4 heterocycles. The molecule has 3 N–H and O–H groups in total. The van der Waals surface area contributed by atoms with E-state index in [-0.39, 0.29) is 49.6 Å². The summed E-state index contributed by atoms with van der Waals surface area (Å²) in [5.41, 5.74) is 1.64. The first-order valence-corrected chi connectivity index (χ1v) is 18.3. The highest BCUT2D eigenvalue weighted by Gasteiger charge is 2.44. The lowest BCUT2D eigenvalue weighted by Crippen LogP contribution is -2.51. The third-order valence-corrected chi connectivity index (χ3v) is 11.1. The largest absolute Gasteiger partial charge is 0.551 e. The minimum atomic E-state index is -4.05. The smallest absolute Gasteiger partial charge is 0.407 e. The Morgan fingerprint density at radius 3 is 2.75 bits per heavy atom. The van der Waals surface area contributed by atoms with Gasteiger partial charge in [0.15, 0.2) is 6.29 Å². The molecule has 15 heteroatoms. The molecule has 3 aliphatic heterocycles. The Bertz CT molecular complexity index is 1670. The number of aliphatic hydroxyl groups excluding tert-OH is 1. The van der Waals surface area contributed by atoms with E-state index in [2.05, 4.69) is 15.0 Å². The first-order valence-electron chi connectivity index (χ1n) is 16.0. The van der Waals surface area contributed by atoms with Crippen LogP contribution in [0.15, 0.2) is 52.7 Å². The number of fused-ring (bicyclic) bond motifs is 2. The van der Waals surface area contributed by atoms with E-state index >= 15 is 0 Å². The van der Waals surface area contributed by atoms with Crippen molar-refractivity contribution < 1.29 is 46.7 Å². The Kier molecular flexibility index (Phi) is 10.7. The number of aromatic hydroxyl groups is 1. The standard InChI is InChI=1S/C33H41N3O10S2/c1-20(2)14-36(48(39,40)25-8-9-29-30(13-25)45-19-44-29)15-28(37)27(35-33(38)46-31-17-43-32-26(31)10-11-41-32)12-22-4-6-24(7-5-22)42-16-23-18-47-21(3)34-23/h4-9,13,18,20,26-28,31-32,37H,10-12,14-17,19H2,1-3H3,(H,35,38)/p+1/t26-,27-,28+,31-,32+/m0/s1. The van der Waals surface area contributed by atoms with Gasteiger partial charge in [0.2, 0.25) is 15.8 Å². The molecule has 0 radical (unpaired) electrons. The van der Waals surface area contributed by atoms with Crippen LogP contribution in [0.5, 0.6) is 17.2 Å². The van der Waals surface area contributed by atoms with Gasteiger partial charge in [-0.25, -0.2) is 18.2 Å². The maximum absolute atomic E-state index is 13.9. The third kappa shape index (κ3) is 8.21. The number of rotatable bonds is 14. The Balaban J connectivity index is 1.18. The van der Waals surface area contributed by atoms with Crippen LogP contribution in [0, 0.1) is 18.8 Å². The quantitative estimate of drug-likeness (QED) is 0.237. The maximum Gasteiger partial charge on any atom is 0.407 e. The summed E-state index contributed by atoms with van der Waals surface area (Å²) in [6.45, 7) is 6.83. The highest BCUT2D eigenvalue weighted by molar-refractivity contribution is 7.89. The molecule has 2 saturated heterocycles. The first kappa shape index (κ1) is 34.4. The number of ether oxygens (including phenoxy) is 6. The molecule has 2 aromatic carbocycles. The molecule has 2 fully saturated rings. The Morgan fingerprint density at radius 1 is 1.19 bits per heavy atom. The Labute approximate surface area is 284 Å². The van der Waals surface area contributed by atoms with Crippen molar-refractivity contribution in [3.63, 3.8) is 0 Å². The number of alkyl carbamates (subject to hydrolysis) is 1. The zero-order valence-electron chi connectivity index (χ0n) is 27.1. The van der Waals surface area contributed by atoms with Gasteiger partial charge in [0.05, 0.1) is 46.9 Å². The second kappa shape index (κ2) is 15.0. The number of aryl methyl sites for hydroxylation is 1. The molecule has 13 nitrogen and oxygen atoms in total. The van der Waals surface area contributed by atoms with Gasteiger partial charge in [-0.2, -0.15) is 4.31 Å². The fraction of sp³-hybridized carbons (Fsp3) is 0.515. The second-order valence-corrected chi connectivity index (χ2v) is 15.6. The van der Waals surface area contributed by atoms with Gasteiger partial charge in [-0.3, -0.25) is 0 Å². The maximum atomic E-state index is 13.9. The van der Waals surface area contributed by atoms with Crippen LogP contribution in [0.3, 0.4) is 0 Å². The predicted molar refractivity (Wildman–Crippen MR) is 176 cm³/mol. The third-order valence-electron chi connectivity index (χ3n) is 8.43. The summed E-state index contributed by atoms with van der Waals surface area (Å²) in [6, 6.07) is 11.0. The number of carbonyl (C=O) groups is 1. The topological polar surface area (TPSA) is 159 Å². The summed E-state index contributed by atoms with van der Waals surface area (Å²) in [5, 5.41) is 17.4. The molecule has 0 bridgehead atoms. The van der Waals surface area contributed by atoms with Crippen molar-refractivity contribution in [3.8, 4) is 17.2 Å². The molecular weight excluding hydrogens is 663 g/mol. The van der Waals surface area contributed by atoms with Gasteiger partial charge in [-0.05, 0) is 49.4 Å². The molecular formula is C33H42N3O10S2+. The average Bonchev–Trinajstić information content (AvgIpc) is 3.86. The minimum Gasteiger partial charge on any atom is -0.551 e. The predicted octanol–water partition coefficient (Wildman–Crippen LogP) is 3.73. The number of carbonyl (C=O) groups excluding carboxylic acids is 1. The van der Waals surface area contributed by atoms with E-state index in [0.29, 0.717) is 30.5 Å². The molecule has 5 atom stereocenters. The van der Waals surface area contributed by atoms with Gasteiger partial charge in [0, 0.05) is 30.6 Å². The van der Waals surface area contributed by atoms with Gasteiger partial charge >= 0.3 is 12.9 Å². The number of aromatic nitrogens is 1. The van der Waals surface area contributed by atoms with Crippen molar-refractivity contribution in [2.45, 2.75) is 69.7 Å². The van der Waals surface area contributed by atoms with Crippen LogP contribution in [-0.2, 0) is 37.3 Å². The van der Waals surface area contributed by atoms with Crippen molar-refractivity contribution in [2.24, 2.45) is 11.8 Å². The van der Waals surface area contributed by atoms with E-state index in [1.54, 1.807) is 17.4 Å². The molecule has 0 spiro atoms. The summed E-state index contributed by atoms with van der Waals surface area (Å²) in [4.78, 5) is 17.7. The van der Waals surface area contributed by atoms with Gasteiger partial charge in [-0.1, -0.05) is 26.0 Å². The molecule has 0 aliphatic carbocycles. The summed E-state index contributed by atoms with van der Waals surface area (Å²) >= 11 is 1.56. The second-order valence-electron chi connectivity index (χ2n) is 12.6. The molecule has 6 rings (SSSR count). The number of nitrogens with zero attached hydrogens (tertiary/aromatic N) is 2. The average molecular weight is 705 g/mol. The van der Waals surface area contributed by atoms with E-state index < -0.39 is 40.7 Å². The van der Waals surface area contributed by atoms with Gasteiger partial charge < -0.3 is 38.8 Å². The zero-order valence-corrected chi connectivity index (χ0v) is 28.7. The lowest BCUT2D eigenvalue weighted by Gasteiger charge is -2.31. The SMILES string of the molecule is Cc1nc(COc2ccc(C[C@H](NC(=O)O[C@H]3CO[C@H]4OCC[C@H]43)[C@H](O)CN(CC(C)C)S(=O)(=O)c3ccc4c(c3)OC[OH+]4)cc2)cs1. The Hall–Kier alpha value is -3.47. The van der Waals surface area contributed by atoms with Crippen LogP contribution in [0.25, 0.3) is 0 Å². The van der Waals surface area contributed by atoms with Crippen molar-refractivity contribution in [3.05, 3.63) is 64.1 Å². The number of nitrogens with one attached hydrogen (secondary N) is 1. The van der Waals surface area contributed by atoms with E-state index in [1.807, 2.05) is 50.4 Å². The molecule has 1 amide bonds. The zero-order chi connectivity index (χ0) is 33.8. The van der Waals surface area contributed by atoms with E-state index in [1.165, 1.54) is 16.4 Å². The summed E-state index contributed by atoms with van der Waals surface area (Å²) in [5.74, 6) is 1.52. The van der Waals surface area contributed by atoms with Crippen LogP contribution in [0.1, 0.15) is 36.5 Å². The monoisotopic (exact) mass is 704 g/mol. The van der Waals surface area contributed by atoms with Gasteiger partial charge in [0.1, 0.15) is 18.5 Å². The minimum absolute atomic E-state index is 0.0353. The van der Waals surface area contributed by atoms with E-state index in [4.69, 9.17) is 23.7 Å². The van der Waals surface area contributed by atoms with Crippen molar-refractivity contribution in [1.82, 2.24) is 14.6 Å². The molecule has 48 heavy (non-hydrogen) atoms. The molecule has 1 aromatic heterocycles. The fourth-order valence-electron chi connectivity index (χ4n) is 6.00. The number of sulfonamides is 1. The number of aliphatic hydroxyl groups is 2. The van der Waals surface area contributed by atoms with Crippen LogP contribution >= 0.6 is 11.3 Å². The Morgan fingerprint density at radius 2 is 2.00 bits per heavy atom. The lowest BCUT2D eigenvalue weighted by atomic mass is 10.0. The van der Waals surface area contributed by atoms with Crippen LogP contribution in [0.4, 0.5) is 4.79 Å². The van der Waals surface area contributed by atoms with Crippen LogP contribution < -0.4 is 14.8 Å². The molecule has 0 saturated carbocycles. The summed E-state index contributed by atoms with van der Waals surface area (Å²) in [7, 11) is -4.05. The first-order chi connectivity index (χ1) is 23.0. The van der Waals surface area contributed by atoms with Crippen molar-refractivity contribution in [1.29, 1.82) is 0 Å². The van der Waals surface area contributed by atoms with Crippen molar-refractivity contribution in [2.75, 3.05) is 33.1 Å². The van der Waals surface area contributed by atoms with E-state index in [0.717, 1.165) is 22.7 Å². The molecule has 3 aromatic rings. The number of hydrogen-bond donors (Lipinski definition) is 2. The highest BCUT2D eigenvalue weighted by Crippen LogP contribution is 2.36. The molecule has 0 unspecified atom stereocenters. The number of hydrogen-bond acceptors (Lipinski definition) is 11. The van der Waals surface area contributed by atoms with Crippen LogP contribution in [-0.4, -0.2) is 91.3 Å². The van der Waals surface area contributed by atoms with Crippen molar-refractivity contribution >= 4 is 27.5 Å². The molecule has 260 valence electrons. The highest BCUT2D eigenvalue weighted by atomic mass is 32.2. The number of thiazole rings is 1. The normalized spacial score (nSPS) is 21.3. The summed E-state index contributed by atoms with van der Waals surface area (Å²) in [6.07, 6.45) is -1.98. The number of amides is 1. The molecule has 3 aliphatic rings.